The van der Waals surface area contributed by atoms with Gasteiger partial charge in [0.05, 0.1) is 20.7 Å². The van der Waals surface area contributed by atoms with Crippen LogP contribution in [0.5, 0.6) is 0 Å². The third-order valence-electron chi connectivity index (χ3n) is 5.85. The molecule has 10 heteroatoms. The molecule has 34 heavy (non-hydrogen) atoms. The molecule has 1 atom stereocenters. The summed E-state index contributed by atoms with van der Waals surface area (Å²) < 4.78 is 0. The number of benzene rings is 2. The van der Waals surface area contributed by atoms with Gasteiger partial charge >= 0.3 is 0 Å². The minimum atomic E-state index is -0.650. The normalized spacial score (nSPS) is 14.6. The molecule has 1 aliphatic carbocycles. The quantitative estimate of drug-likeness (QED) is 0.322. The van der Waals surface area contributed by atoms with Crippen LogP contribution in [0.4, 0.5) is 5.69 Å². The van der Waals surface area contributed by atoms with Crippen molar-refractivity contribution in [3.63, 3.8) is 0 Å². The zero-order valence-electron chi connectivity index (χ0n) is 18.8. The van der Waals surface area contributed by atoms with Gasteiger partial charge in [-0.3, -0.25) is 19.7 Å². The zero-order chi connectivity index (χ0) is 24.7. The summed E-state index contributed by atoms with van der Waals surface area (Å²) in [6.07, 6.45) is 4.13. The number of nitrogens with one attached hydrogen (secondary N) is 1. The lowest BCUT2D eigenvalue weighted by molar-refractivity contribution is -0.384. The number of carbonyl (C=O) groups is 2. The van der Waals surface area contributed by atoms with Crippen LogP contribution in [-0.2, 0) is 21.9 Å². The van der Waals surface area contributed by atoms with E-state index in [9.17, 15) is 19.7 Å². The smallest absolute Gasteiger partial charge is 0.269 e. The van der Waals surface area contributed by atoms with Crippen LogP contribution in [0.25, 0.3) is 0 Å². The predicted octanol–water partition coefficient (Wildman–Crippen LogP) is 5.61. The second kappa shape index (κ2) is 12.4. The molecule has 2 amide bonds. The Morgan fingerprint density at radius 3 is 2.38 bits per heavy atom. The molecule has 182 valence electrons. The fraction of sp³-hybridized carbons (Fsp3) is 0.417. The van der Waals surface area contributed by atoms with Crippen LogP contribution >= 0.6 is 35.0 Å². The van der Waals surface area contributed by atoms with E-state index in [0.717, 1.165) is 36.8 Å². The molecular formula is C24H27Cl2N3O4S. The number of nitrogens with zero attached hydrogens (tertiary/aromatic N) is 2. The average molecular weight is 524 g/mol. The highest BCUT2D eigenvalue weighted by Crippen LogP contribution is 2.25. The Labute approximate surface area is 213 Å². The van der Waals surface area contributed by atoms with Gasteiger partial charge in [-0.2, -0.15) is 0 Å². The van der Waals surface area contributed by atoms with E-state index in [1.165, 1.54) is 23.9 Å². The summed E-state index contributed by atoms with van der Waals surface area (Å²) in [5.74, 6) is 0.347. The van der Waals surface area contributed by atoms with E-state index in [2.05, 4.69) is 5.32 Å². The number of amides is 2. The number of nitro benzene ring substituents is 1. The Morgan fingerprint density at radius 1 is 1.12 bits per heavy atom. The number of hydrogen-bond acceptors (Lipinski definition) is 5. The SMILES string of the molecule is C[C@H](C(=O)NC1CCCC1)N(Cc1ccc(Cl)c(Cl)c1)C(=O)CSCc1ccc([N+](=O)[O-])cc1. The minimum Gasteiger partial charge on any atom is -0.352 e. The Kier molecular flexibility index (Phi) is 9.62. The van der Waals surface area contributed by atoms with Gasteiger partial charge in [-0.05, 0) is 43.0 Å². The van der Waals surface area contributed by atoms with Crippen LogP contribution in [0.3, 0.4) is 0 Å². The monoisotopic (exact) mass is 523 g/mol. The van der Waals surface area contributed by atoms with Gasteiger partial charge in [-0.25, -0.2) is 0 Å². The highest BCUT2D eigenvalue weighted by molar-refractivity contribution is 7.99. The molecule has 0 aromatic heterocycles. The van der Waals surface area contributed by atoms with Gasteiger partial charge in [0.1, 0.15) is 6.04 Å². The molecule has 1 N–H and O–H groups in total. The first-order valence-corrected chi connectivity index (χ1v) is 13.0. The second-order valence-electron chi connectivity index (χ2n) is 8.35. The molecule has 1 fully saturated rings. The maximum absolute atomic E-state index is 13.2. The van der Waals surface area contributed by atoms with Gasteiger partial charge < -0.3 is 10.2 Å². The molecule has 0 saturated heterocycles. The lowest BCUT2D eigenvalue weighted by Crippen LogP contribution is -2.50. The Balaban J connectivity index is 1.66. The lowest BCUT2D eigenvalue weighted by Gasteiger charge is -2.30. The Bertz CT molecular complexity index is 1030. The van der Waals surface area contributed by atoms with Crippen molar-refractivity contribution in [2.75, 3.05) is 5.75 Å². The molecule has 3 rings (SSSR count). The highest BCUT2D eigenvalue weighted by Gasteiger charge is 2.28. The number of nitro groups is 1. The van der Waals surface area contributed by atoms with Gasteiger partial charge in [0.15, 0.2) is 0 Å². The third-order valence-corrected chi connectivity index (χ3v) is 7.57. The number of halogens is 2. The van der Waals surface area contributed by atoms with Gasteiger partial charge in [0.2, 0.25) is 11.8 Å². The number of non-ortho nitro benzene ring substituents is 1. The zero-order valence-corrected chi connectivity index (χ0v) is 21.2. The summed E-state index contributed by atoms with van der Waals surface area (Å²) in [5, 5.41) is 14.7. The molecule has 0 aliphatic heterocycles. The summed E-state index contributed by atoms with van der Waals surface area (Å²) in [6, 6.07) is 10.9. The van der Waals surface area contributed by atoms with Crippen molar-refractivity contribution in [2.45, 2.75) is 57.0 Å². The van der Waals surface area contributed by atoms with Crippen molar-refractivity contribution >= 4 is 52.5 Å². The van der Waals surface area contributed by atoms with Crippen molar-refractivity contribution in [3.05, 3.63) is 73.8 Å². The van der Waals surface area contributed by atoms with Crippen LogP contribution in [-0.4, -0.2) is 39.5 Å². The number of rotatable bonds is 10. The van der Waals surface area contributed by atoms with Crippen molar-refractivity contribution in [2.24, 2.45) is 0 Å². The Hall–Kier alpha value is -2.29. The van der Waals surface area contributed by atoms with Crippen molar-refractivity contribution < 1.29 is 14.5 Å². The van der Waals surface area contributed by atoms with E-state index in [0.29, 0.717) is 15.8 Å². The maximum Gasteiger partial charge on any atom is 0.269 e. The summed E-state index contributed by atoms with van der Waals surface area (Å²) in [6.45, 7) is 1.97. The van der Waals surface area contributed by atoms with Gasteiger partial charge in [0, 0.05) is 30.5 Å². The average Bonchev–Trinajstić information content (AvgIpc) is 3.32. The van der Waals surface area contributed by atoms with Crippen molar-refractivity contribution in [1.29, 1.82) is 0 Å². The molecule has 1 saturated carbocycles. The van der Waals surface area contributed by atoms with E-state index in [1.807, 2.05) is 0 Å². The molecule has 0 bridgehead atoms. The first-order valence-electron chi connectivity index (χ1n) is 11.1. The molecule has 7 nitrogen and oxygen atoms in total. The largest absolute Gasteiger partial charge is 0.352 e. The predicted molar refractivity (Wildman–Crippen MR) is 136 cm³/mol. The van der Waals surface area contributed by atoms with E-state index in [4.69, 9.17) is 23.2 Å². The highest BCUT2D eigenvalue weighted by atomic mass is 35.5. The Morgan fingerprint density at radius 2 is 1.76 bits per heavy atom. The molecule has 2 aromatic rings. The van der Waals surface area contributed by atoms with E-state index in [-0.39, 0.29) is 35.8 Å². The third kappa shape index (κ3) is 7.35. The van der Waals surface area contributed by atoms with Crippen molar-refractivity contribution in [1.82, 2.24) is 10.2 Å². The molecular weight excluding hydrogens is 497 g/mol. The van der Waals surface area contributed by atoms with E-state index < -0.39 is 11.0 Å². The molecule has 0 heterocycles. The second-order valence-corrected chi connectivity index (χ2v) is 10.2. The molecule has 0 spiro atoms. The number of carbonyl (C=O) groups excluding carboxylic acids is 2. The fourth-order valence-corrected chi connectivity index (χ4v) is 5.05. The van der Waals surface area contributed by atoms with Crippen LogP contribution in [0.1, 0.15) is 43.7 Å². The maximum atomic E-state index is 13.2. The van der Waals surface area contributed by atoms with Gasteiger partial charge in [-0.1, -0.05) is 54.2 Å². The first-order chi connectivity index (χ1) is 16.2. The summed E-state index contributed by atoms with van der Waals surface area (Å²) in [5.41, 5.74) is 1.69. The van der Waals surface area contributed by atoms with Crippen molar-refractivity contribution in [3.8, 4) is 0 Å². The van der Waals surface area contributed by atoms with E-state index >= 15 is 0 Å². The number of hydrogen-bond donors (Lipinski definition) is 1. The summed E-state index contributed by atoms with van der Waals surface area (Å²) >= 11 is 13.6. The number of thioether (sulfide) groups is 1. The minimum absolute atomic E-state index is 0.0275. The molecule has 0 radical (unpaired) electrons. The first kappa shape index (κ1) is 26.3. The summed E-state index contributed by atoms with van der Waals surface area (Å²) in [7, 11) is 0. The summed E-state index contributed by atoms with van der Waals surface area (Å²) in [4.78, 5) is 38.0. The lowest BCUT2D eigenvalue weighted by atomic mass is 10.1. The van der Waals surface area contributed by atoms with Gasteiger partial charge in [-0.15, -0.1) is 11.8 Å². The van der Waals surface area contributed by atoms with Crippen LogP contribution in [0.2, 0.25) is 10.0 Å². The van der Waals surface area contributed by atoms with E-state index in [1.54, 1.807) is 42.2 Å². The van der Waals surface area contributed by atoms with Crippen LogP contribution in [0, 0.1) is 10.1 Å². The molecule has 0 unspecified atom stereocenters. The topological polar surface area (TPSA) is 92.6 Å². The van der Waals surface area contributed by atoms with Crippen LogP contribution in [0.15, 0.2) is 42.5 Å². The fourth-order valence-electron chi connectivity index (χ4n) is 3.86. The van der Waals surface area contributed by atoms with Crippen LogP contribution < -0.4 is 5.32 Å². The standard InChI is InChI=1S/C24H27Cl2N3O4S/c1-16(24(31)27-19-4-2-3-5-19)28(13-18-8-11-21(25)22(26)12-18)23(30)15-34-14-17-6-9-20(10-7-17)29(32)33/h6-12,16,19H,2-5,13-15H2,1H3,(H,27,31)/t16-/m1/s1. The molecule has 1 aliphatic rings. The van der Waals surface area contributed by atoms with Gasteiger partial charge in [0.25, 0.3) is 5.69 Å². The molecule has 2 aromatic carbocycles.